The second-order valence-corrected chi connectivity index (χ2v) is 15.7. The number of hydrogen-bond donors (Lipinski definition) is 0. The molecule has 20 atom stereocenters. The first-order valence-corrected chi connectivity index (χ1v) is 21.7. The third-order valence-corrected chi connectivity index (χ3v) is 12.1. The molecule has 20 heteroatoms. The summed E-state index contributed by atoms with van der Waals surface area (Å²) in [5.74, 6) is 0. The van der Waals surface area contributed by atoms with Gasteiger partial charge in [-0.05, 0) is 27.7 Å². The zero-order chi connectivity index (χ0) is 48.5. The first kappa shape index (κ1) is 61.2. The van der Waals surface area contributed by atoms with Gasteiger partial charge in [-0.15, -0.1) is 0 Å². The summed E-state index contributed by atoms with van der Waals surface area (Å²) in [6.45, 7) is 9.81. The van der Waals surface area contributed by atoms with Crippen LogP contribution in [0.2, 0.25) is 0 Å². The van der Waals surface area contributed by atoms with Crippen LogP contribution < -0.4 is 0 Å². The van der Waals surface area contributed by atoms with E-state index in [1.807, 2.05) is 27.7 Å². The lowest BCUT2D eigenvalue weighted by atomic mass is 9.95. The summed E-state index contributed by atoms with van der Waals surface area (Å²) >= 11 is 0. The van der Waals surface area contributed by atoms with Crippen molar-refractivity contribution < 1.29 is 94.7 Å². The molecule has 384 valence electrons. The fourth-order valence-corrected chi connectivity index (χ4v) is 9.10. The Bertz CT molecular complexity index is 963. The lowest BCUT2D eigenvalue weighted by molar-refractivity contribution is -0.245. The monoisotopic (exact) mass is 937 g/mol. The Morgan fingerprint density at radius 2 is 0.359 bits per heavy atom. The molecule has 0 amide bonds. The summed E-state index contributed by atoms with van der Waals surface area (Å²) in [5, 5.41) is 0. The van der Waals surface area contributed by atoms with Crippen LogP contribution >= 0.6 is 0 Å². The van der Waals surface area contributed by atoms with Gasteiger partial charge in [0.1, 0.15) is 97.7 Å². The average molecular weight is 937 g/mol. The van der Waals surface area contributed by atoms with Gasteiger partial charge >= 0.3 is 0 Å². The molecule has 12 unspecified atom stereocenters. The maximum absolute atomic E-state index is 5.81. The van der Waals surface area contributed by atoms with Crippen molar-refractivity contribution in [1.82, 2.24) is 0 Å². The van der Waals surface area contributed by atoms with Gasteiger partial charge in [-0.1, -0.05) is 0 Å². The number of hydrogen-bond acceptors (Lipinski definition) is 20. The fourth-order valence-electron chi connectivity index (χ4n) is 9.10. The van der Waals surface area contributed by atoms with Gasteiger partial charge in [-0.3, -0.25) is 0 Å². The lowest BCUT2D eigenvalue weighted by Crippen LogP contribution is -2.59. The molecule has 0 bridgehead atoms. The van der Waals surface area contributed by atoms with E-state index in [1.54, 1.807) is 114 Å². The zero-order valence-corrected chi connectivity index (χ0v) is 42.5. The van der Waals surface area contributed by atoms with Crippen LogP contribution in [-0.2, 0) is 94.7 Å². The average Bonchev–Trinajstić information content (AvgIpc) is 3.29. The number of rotatable bonds is 20. The van der Waals surface area contributed by atoms with E-state index in [0.29, 0.717) is 26.4 Å². The molecule has 0 aliphatic carbocycles. The summed E-state index contributed by atoms with van der Waals surface area (Å²) < 4.78 is 109. The number of ether oxygens (including phenoxy) is 20. The Morgan fingerprint density at radius 3 is 0.469 bits per heavy atom. The van der Waals surface area contributed by atoms with Crippen LogP contribution in [0.4, 0.5) is 0 Å². The number of methoxy groups -OCH3 is 16. The molecule has 4 heterocycles. The van der Waals surface area contributed by atoms with Crippen LogP contribution in [0.3, 0.4) is 0 Å². The van der Waals surface area contributed by atoms with E-state index in [0.717, 1.165) is 0 Å². The quantitative estimate of drug-likeness (QED) is 0.172. The predicted molar refractivity (Wildman–Crippen MR) is 234 cm³/mol. The maximum Gasteiger partial charge on any atom is 0.114 e. The SMILES string of the molecule is COC[C@@H]1O[C@@H](C)C(OC)C(OC)C1OC.COC[C@@H]1O[C@H](C)C(OC)C(OC)C1OC.COC[C@@H]1O[C@H](C)C(OC)C(OC)C1OC.COC[C@H]1O[C@@H](C)C(OC)C(OC)C1OC. The van der Waals surface area contributed by atoms with E-state index in [-0.39, 0.29) is 122 Å². The molecule has 4 rings (SSSR count). The van der Waals surface area contributed by atoms with Crippen molar-refractivity contribution in [2.75, 3.05) is 140 Å². The van der Waals surface area contributed by atoms with Gasteiger partial charge in [0.2, 0.25) is 0 Å². The van der Waals surface area contributed by atoms with Crippen LogP contribution in [0.5, 0.6) is 0 Å². The minimum absolute atomic E-state index is 0.0403. The van der Waals surface area contributed by atoms with E-state index in [9.17, 15) is 0 Å². The third kappa shape index (κ3) is 16.7. The van der Waals surface area contributed by atoms with Gasteiger partial charge in [0.25, 0.3) is 0 Å². The van der Waals surface area contributed by atoms with E-state index < -0.39 is 0 Å². The van der Waals surface area contributed by atoms with E-state index in [1.165, 1.54) is 0 Å². The molecule has 0 saturated carbocycles. The molecule has 4 fully saturated rings. The molecule has 0 spiro atoms. The summed E-state index contributed by atoms with van der Waals surface area (Å²) in [7, 11) is 26.4. The smallest absolute Gasteiger partial charge is 0.114 e. The highest BCUT2D eigenvalue weighted by Crippen LogP contribution is 2.30. The van der Waals surface area contributed by atoms with E-state index in [2.05, 4.69) is 0 Å². The minimum atomic E-state index is -0.175. The lowest BCUT2D eigenvalue weighted by Gasteiger charge is -2.43. The summed E-state index contributed by atoms with van der Waals surface area (Å²) in [4.78, 5) is 0. The standard InChI is InChI=1S/4C11H22O5/c4*1-7-9(13-3)11(15-5)10(14-4)8(16-7)6-12-2/h4*7-11H,6H2,1-5H3/t3*7-,8+,9?,10?,11?;7-,8-,9?,10?,11?/m1100/s1. The molecule has 20 nitrogen and oxygen atoms in total. The van der Waals surface area contributed by atoms with Gasteiger partial charge in [-0.25, -0.2) is 0 Å². The Hall–Kier alpha value is -0.800. The fraction of sp³-hybridized carbons (Fsp3) is 1.00. The normalized spacial score (nSPS) is 39.9. The topological polar surface area (TPSA) is 185 Å². The second kappa shape index (κ2) is 33.7. The van der Waals surface area contributed by atoms with Gasteiger partial charge in [0.05, 0.1) is 50.8 Å². The molecule has 0 aromatic rings. The summed E-state index contributed by atoms with van der Waals surface area (Å²) in [5.41, 5.74) is 0. The Labute approximate surface area is 384 Å². The molecular formula is C44H88O20. The van der Waals surface area contributed by atoms with Crippen molar-refractivity contribution in [2.45, 2.75) is 150 Å². The van der Waals surface area contributed by atoms with Crippen molar-refractivity contribution in [3.63, 3.8) is 0 Å². The van der Waals surface area contributed by atoms with Crippen molar-refractivity contribution in [3.8, 4) is 0 Å². The van der Waals surface area contributed by atoms with Gasteiger partial charge < -0.3 is 94.7 Å². The van der Waals surface area contributed by atoms with Crippen LogP contribution in [0.1, 0.15) is 27.7 Å². The molecule has 64 heavy (non-hydrogen) atoms. The van der Waals surface area contributed by atoms with Crippen molar-refractivity contribution in [1.29, 1.82) is 0 Å². The predicted octanol–water partition coefficient (Wildman–Crippen LogP) is 1.86. The Kier molecular flexibility index (Phi) is 32.2. The molecule has 0 radical (unpaired) electrons. The molecule has 4 aliphatic heterocycles. The molecule has 4 saturated heterocycles. The first-order valence-electron chi connectivity index (χ1n) is 21.7. The third-order valence-electron chi connectivity index (χ3n) is 12.1. The van der Waals surface area contributed by atoms with Crippen LogP contribution in [0, 0.1) is 0 Å². The van der Waals surface area contributed by atoms with E-state index >= 15 is 0 Å². The summed E-state index contributed by atoms with van der Waals surface area (Å²) in [6.07, 6.45) is -2.40. The van der Waals surface area contributed by atoms with Crippen LogP contribution in [-0.4, -0.2) is 262 Å². The highest BCUT2D eigenvalue weighted by atomic mass is 16.6. The van der Waals surface area contributed by atoms with Gasteiger partial charge in [0, 0.05) is 114 Å². The maximum atomic E-state index is 5.81. The zero-order valence-electron chi connectivity index (χ0n) is 42.5. The molecule has 0 N–H and O–H groups in total. The molecular weight excluding hydrogens is 848 g/mol. The molecule has 0 aromatic heterocycles. The van der Waals surface area contributed by atoms with Crippen LogP contribution in [0.25, 0.3) is 0 Å². The second-order valence-electron chi connectivity index (χ2n) is 15.7. The minimum Gasteiger partial charge on any atom is -0.382 e. The van der Waals surface area contributed by atoms with Crippen molar-refractivity contribution in [2.24, 2.45) is 0 Å². The molecule has 4 aliphatic rings. The van der Waals surface area contributed by atoms with Crippen molar-refractivity contribution in [3.05, 3.63) is 0 Å². The Balaban J connectivity index is 0.000000427. The Morgan fingerprint density at radius 1 is 0.219 bits per heavy atom. The van der Waals surface area contributed by atoms with E-state index in [4.69, 9.17) is 94.7 Å². The largest absolute Gasteiger partial charge is 0.382 e. The van der Waals surface area contributed by atoms with Gasteiger partial charge in [-0.2, -0.15) is 0 Å². The highest BCUT2D eigenvalue weighted by molar-refractivity contribution is 4.96. The molecule has 0 aromatic carbocycles. The van der Waals surface area contributed by atoms with Crippen molar-refractivity contribution >= 4 is 0 Å². The summed E-state index contributed by atoms with van der Waals surface area (Å²) in [6, 6.07) is 0. The highest BCUT2D eigenvalue weighted by Gasteiger charge is 2.48. The van der Waals surface area contributed by atoms with Gasteiger partial charge in [0.15, 0.2) is 0 Å². The first-order chi connectivity index (χ1) is 30.8. The van der Waals surface area contributed by atoms with Crippen LogP contribution in [0.15, 0.2) is 0 Å².